The number of imidazole rings is 1. The van der Waals surface area contributed by atoms with Crippen molar-refractivity contribution >= 4 is 6.03 Å². The summed E-state index contributed by atoms with van der Waals surface area (Å²) >= 11 is 0. The normalized spacial score (nSPS) is 10.8. The standard InChI is InChI=1S/C20H26N6O/c1-15-12-16(2)26(23-15)19-7-5-6-18(13-19)14-24(4)20(27)22-9-11-25-10-8-21-17(25)3/h5-8,10,12-13H,9,11,14H2,1-4H3,(H,22,27). The highest BCUT2D eigenvalue weighted by atomic mass is 16.2. The smallest absolute Gasteiger partial charge is 0.317 e. The summed E-state index contributed by atoms with van der Waals surface area (Å²) in [5.41, 5.74) is 4.14. The van der Waals surface area contributed by atoms with Crippen LogP contribution < -0.4 is 5.32 Å². The van der Waals surface area contributed by atoms with Crippen LogP contribution in [0.15, 0.2) is 42.7 Å². The lowest BCUT2D eigenvalue weighted by Crippen LogP contribution is -2.38. The molecule has 142 valence electrons. The molecule has 27 heavy (non-hydrogen) atoms. The van der Waals surface area contributed by atoms with E-state index in [0.29, 0.717) is 19.6 Å². The first kappa shape index (κ1) is 18.7. The number of hydrogen-bond donors (Lipinski definition) is 1. The molecule has 1 aromatic carbocycles. The molecule has 0 unspecified atom stereocenters. The van der Waals surface area contributed by atoms with Crippen molar-refractivity contribution in [1.29, 1.82) is 0 Å². The van der Waals surface area contributed by atoms with Crippen molar-refractivity contribution in [2.45, 2.75) is 33.9 Å². The van der Waals surface area contributed by atoms with Gasteiger partial charge in [0.25, 0.3) is 0 Å². The maximum absolute atomic E-state index is 12.3. The zero-order valence-corrected chi connectivity index (χ0v) is 16.3. The Hall–Kier alpha value is -3.09. The molecule has 0 spiro atoms. The number of amides is 2. The Morgan fingerprint density at radius 1 is 1.22 bits per heavy atom. The van der Waals surface area contributed by atoms with Crippen LogP contribution in [0.2, 0.25) is 0 Å². The fourth-order valence-corrected chi connectivity index (χ4v) is 3.08. The Labute approximate surface area is 159 Å². The summed E-state index contributed by atoms with van der Waals surface area (Å²) in [6.45, 7) is 7.77. The molecule has 3 aromatic rings. The number of benzene rings is 1. The summed E-state index contributed by atoms with van der Waals surface area (Å²) in [5, 5.41) is 7.47. The summed E-state index contributed by atoms with van der Waals surface area (Å²) in [6, 6.07) is 10.1. The molecule has 1 N–H and O–H groups in total. The van der Waals surface area contributed by atoms with Gasteiger partial charge in [-0.05, 0) is 44.5 Å². The molecule has 0 aliphatic heterocycles. The Bertz CT molecular complexity index is 926. The number of hydrogen-bond acceptors (Lipinski definition) is 3. The van der Waals surface area contributed by atoms with Gasteiger partial charge in [-0.2, -0.15) is 5.10 Å². The van der Waals surface area contributed by atoms with Crippen LogP contribution in [0.1, 0.15) is 22.8 Å². The zero-order chi connectivity index (χ0) is 19.4. The first-order valence-corrected chi connectivity index (χ1v) is 9.03. The van der Waals surface area contributed by atoms with Gasteiger partial charge in [-0.1, -0.05) is 12.1 Å². The van der Waals surface area contributed by atoms with Crippen LogP contribution in [0, 0.1) is 20.8 Å². The van der Waals surface area contributed by atoms with Crippen molar-refractivity contribution in [3.05, 3.63) is 65.5 Å². The molecular weight excluding hydrogens is 340 g/mol. The number of carbonyl (C=O) groups is 1. The SMILES string of the molecule is Cc1cc(C)n(-c2cccc(CN(C)C(=O)NCCn3ccnc3C)c2)n1. The van der Waals surface area contributed by atoms with Crippen LogP contribution >= 0.6 is 0 Å². The maximum Gasteiger partial charge on any atom is 0.317 e. The number of carbonyl (C=O) groups excluding carboxylic acids is 1. The zero-order valence-electron chi connectivity index (χ0n) is 16.3. The first-order chi connectivity index (χ1) is 12.9. The number of urea groups is 1. The van der Waals surface area contributed by atoms with Gasteiger partial charge in [-0.3, -0.25) is 0 Å². The van der Waals surface area contributed by atoms with E-state index >= 15 is 0 Å². The third kappa shape index (κ3) is 4.55. The minimum atomic E-state index is -0.0933. The average molecular weight is 366 g/mol. The molecule has 7 heteroatoms. The highest BCUT2D eigenvalue weighted by Crippen LogP contribution is 2.15. The predicted molar refractivity (Wildman–Crippen MR) is 105 cm³/mol. The van der Waals surface area contributed by atoms with Gasteiger partial charge in [0.05, 0.1) is 11.4 Å². The highest BCUT2D eigenvalue weighted by molar-refractivity contribution is 5.73. The minimum absolute atomic E-state index is 0.0933. The monoisotopic (exact) mass is 366 g/mol. The quantitative estimate of drug-likeness (QED) is 0.729. The second-order valence-electron chi connectivity index (χ2n) is 6.76. The van der Waals surface area contributed by atoms with E-state index in [1.54, 1.807) is 18.1 Å². The largest absolute Gasteiger partial charge is 0.336 e. The fraction of sp³-hybridized carbons (Fsp3) is 0.350. The molecule has 7 nitrogen and oxygen atoms in total. The van der Waals surface area contributed by atoms with E-state index in [4.69, 9.17) is 0 Å². The van der Waals surface area contributed by atoms with Gasteiger partial charge in [-0.15, -0.1) is 0 Å². The third-order valence-electron chi connectivity index (χ3n) is 4.48. The summed E-state index contributed by atoms with van der Waals surface area (Å²) in [5.74, 6) is 0.943. The van der Waals surface area contributed by atoms with E-state index in [0.717, 1.165) is 28.5 Å². The van der Waals surface area contributed by atoms with E-state index in [1.165, 1.54) is 0 Å². The molecule has 0 aliphatic rings. The predicted octanol–water partition coefficient (Wildman–Crippen LogP) is 2.84. The maximum atomic E-state index is 12.3. The molecule has 0 saturated heterocycles. The Balaban J connectivity index is 1.58. The summed E-state index contributed by atoms with van der Waals surface area (Å²) < 4.78 is 3.94. The van der Waals surface area contributed by atoms with Crippen LogP contribution in [0.4, 0.5) is 4.79 Å². The van der Waals surface area contributed by atoms with Crippen molar-refractivity contribution in [3.8, 4) is 5.69 Å². The van der Waals surface area contributed by atoms with Crippen LogP contribution in [0.5, 0.6) is 0 Å². The van der Waals surface area contributed by atoms with Crippen molar-refractivity contribution < 1.29 is 4.79 Å². The number of nitrogens with zero attached hydrogens (tertiary/aromatic N) is 5. The van der Waals surface area contributed by atoms with Crippen molar-refractivity contribution in [2.24, 2.45) is 0 Å². The number of aromatic nitrogens is 4. The van der Waals surface area contributed by atoms with E-state index in [1.807, 2.05) is 60.5 Å². The molecule has 2 amide bonds. The van der Waals surface area contributed by atoms with E-state index in [9.17, 15) is 4.79 Å². The van der Waals surface area contributed by atoms with Crippen molar-refractivity contribution in [3.63, 3.8) is 0 Å². The van der Waals surface area contributed by atoms with Gasteiger partial charge in [-0.25, -0.2) is 14.5 Å². The van der Waals surface area contributed by atoms with Gasteiger partial charge in [0.15, 0.2) is 0 Å². The molecule has 0 saturated carbocycles. The number of nitrogens with one attached hydrogen (secondary N) is 1. The molecule has 0 bridgehead atoms. The second kappa shape index (κ2) is 8.07. The second-order valence-corrected chi connectivity index (χ2v) is 6.76. The van der Waals surface area contributed by atoms with E-state index < -0.39 is 0 Å². The third-order valence-corrected chi connectivity index (χ3v) is 4.48. The van der Waals surface area contributed by atoms with Gasteiger partial charge >= 0.3 is 6.03 Å². The Morgan fingerprint density at radius 3 is 2.70 bits per heavy atom. The lowest BCUT2D eigenvalue weighted by molar-refractivity contribution is 0.206. The lowest BCUT2D eigenvalue weighted by Gasteiger charge is -2.19. The molecule has 2 aromatic heterocycles. The van der Waals surface area contributed by atoms with Gasteiger partial charge in [0.1, 0.15) is 5.82 Å². The molecule has 0 radical (unpaired) electrons. The number of aryl methyl sites for hydroxylation is 3. The van der Waals surface area contributed by atoms with E-state index in [-0.39, 0.29) is 6.03 Å². The van der Waals surface area contributed by atoms with Crippen LogP contribution in [-0.4, -0.2) is 43.9 Å². The molecule has 0 aliphatic carbocycles. The minimum Gasteiger partial charge on any atom is -0.336 e. The van der Waals surface area contributed by atoms with Crippen LogP contribution in [0.3, 0.4) is 0 Å². The van der Waals surface area contributed by atoms with Crippen LogP contribution in [-0.2, 0) is 13.1 Å². The van der Waals surface area contributed by atoms with Gasteiger partial charge in [0, 0.05) is 44.8 Å². The van der Waals surface area contributed by atoms with Gasteiger partial charge < -0.3 is 14.8 Å². The molecule has 0 atom stereocenters. The van der Waals surface area contributed by atoms with Gasteiger partial charge in [0.2, 0.25) is 0 Å². The molecule has 3 rings (SSSR count). The summed E-state index contributed by atoms with van der Waals surface area (Å²) in [6.07, 6.45) is 3.68. The Morgan fingerprint density at radius 2 is 2.04 bits per heavy atom. The van der Waals surface area contributed by atoms with E-state index in [2.05, 4.69) is 21.5 Å². The first-order valence-electron chi connectivity index (χ1n) is 9.03. The average Bonchev–Trinajstić information content (AvgIpc) is 3.19. The molecule has 2 heterocycles. The van der Waals surface area contributed by atoms with Crippen molar-refractivity contribution in [2.75, 3.05) is 13.6 Å². The Kier molecular flexibility index (Phi) is 5.59. The van der Waals surface area contributed by atoms with Crippen molar-refractivity contribution in [1.82, 2.24) is 29.5 Å². The highest BCUT2D eigenvalue weighted by Gasteiger charge is 2.10. The topological polar surface area (TPSA) is 68.0 Å². The number of rotatable bonds is 6. The molecular formula is C20H26N6O. The fourth-order valence-electron chi connectivity index (χ4n) is 3.08. The molecule has 0 fully saturated rings. The lowest BCUT2D eigenvalue weighted by atomic mass is 10.2. The van der Waals surface area contributed by atoms with Crippen LogP contribution in [0.25, 0.3) is 5.69 Å². The summed E-state index contributed by atoms with van der Waals surface area (Å²) in [4.78, 5) is 18.2. The summed E-state index contributed by atoms with van der Waals surface area (Å²) in [7, 11) is 1.80.